The van der Waals surface area contributed by atoms with E-state index in [4.69, 9.17) is 0 Å². The summed E-state index contributed by atoms with van der Waals surface area (Å²) in [7, 11) is 1.49. The fraction of sp³-hybridized carbons (Fsp3) is 0.286. The smallest absolute Gasteiger partial charge is 0.428 e. The fourth-order valence-electron chi connectivity index (χ4n) is 1.81. The number of carbonyl (C=O) groups is 1. The van der Waals surface area contributed by atoms with Gasteiger partial charge in [0, 0.05) is 19.3 Å². The lowest BCUT2D eigenvalue weighted by atomic mass is 10.2. The number of benzene rings is 1. The first-order valence-corrected chi connectivity index (χ1v) is 6.77. The number of aryl methyl sites for hydroxylation is 1. The van der Waals surface area contributed by atoms with Crippen molar-refractivity contribution in [1.82, 2.24) is 9.78 Å². The second-order valence-corrected chi connectivity index (χ2v) is 5.07. The lowest BCUT2D eigenvalue weighted by Crippen LogP contribution is -2.45. The first-order chi connectivity index (χ1) is 11.9. The molecule has 2 rings (SSSR count). The molecule has 1 heterocycles. The second-order valence-electron chi connectivity index (χ2n) is 5.07. The maximum atomic E-state index is 13.4. The molecular formula is C14H10F7N3O2. The Balaban J connectivity index is 2.29. The molecule has 1 atom stereocenters. The summed E-state index contributed by atoms with van der Waals surface area (Å²) < 4.78 is 94.5. The highest BCUT2D eigenvalue weighted by molar-refractivity contribution is 6.04. The molecule has 0 spiro atoms. The molecule has 5 nitrogen and oxygen atoms in total. The number of amides is 1. The number of hydrogen-bond donors (Lipinski definition) is 1. The predicted molar refractivity (Wildman–Crippen MR) is 74.1 cm³/mol. The molecule has 0 fully saturated rings. The Bertz CT molecular complexity index is 804. The zero-order valence-electron chi connectivity index (χ0n) is 12.8. The topological polar surface area (TPSA) is 56.2 Å². The van der Waals surface area contributed by atoms with Gasteiger partial charge in [0.25, 0.3) is 12.1 Å². The number of rotatable bonds is 5. The molecule has 0 bridgehead atoms. The standard InChI is InChI=1S/C14H10F7N3O2/c1-24-6-7(5-22-24)11(25)23-9-3-2-8(15)4-10(9)26-14(20,21)12(16)13(17,18)19/h2-6,12H,1H3,(H,23,25). The normalized spacial score (nSPS) is 13.4. The number of anilines is 1. The summed E-state index contributed by atoms with van der Waals surface area (Å²) >= 11 is 0. The van der Waals surface area contributed by atoms with E-state index in [0.29, 0.717) is 0 Å². The quantitative estimate of drug-likeness (QED) is 0.799. The summed E-state index contributed by atoms with van der Waals surface area (Å²) in [6.45, 7) is 0. The zero-order chi connectivity index (χ0) is 19.7. The van der Waals surface area contributed by atoms with E-state index in [1.165, 1.54) is 17.9 Å². The number of nitrogens with one attached hydrogen (secondary N) is 1. The molecule has 2 aromatic rings. The van der Waals surface area contributed by atoms with E-state index >= 15 is 0 Å². The summed E-state index contributed by atoms with van der Waals surface area (Å²) in [5, 5.41) is 5.74. The SMILES string of the molecule is Cn1cc(C(=O)Nc2ccc(F)cc2OC(F)(F)C(F)C(F)(F)F)cn1. The van der Waals surface area contributed by atoms with E-state index in [1.54, 1.807) is 0 Å². The number of hydrogen-bond acceptors (Lipinski definition) is 3. The molecule has 26 heavy (non-hydrogen) atoms. The minimum atomic E-state index is -5.91. The van der Waals surface area contributed by atoms with Crippen molar-refractivity contribution in [3.8, 4) is 5.75 Å². The lowest BCUT2D eigenvalue weighted by molar-refractivity contribution is -0.304. The van der Waals surface area contributed by atoms with Crippen LogP contribution < -0.4 is 10.1 Å². The van der Waals surface area contributed by atoms with Crippen LogP contribution in [0.2, 0.25) is 0 Å². The predicted octanol–water partition coefficient (Wildman–Crippen LogP) is 3.68. The lowest BCUT2D eigenvalue weighted by Gasteiger charge is -2.24. The Morgan fingerprint density at radius 1 is 1.27 bits per heavy atom. The monoisotopic (exact) mass is 385 g/mol. The van der Waals surface area contributed by atoms with Crippen LogP contribution in [0.1, 0.15) is 10.4 Å². The zero-order valence-corrected chi connectivity index (χ0v) is 12.8. The van der Waals surface area contributed by atoms with Gasteiger partial charge in [-0.05, 0) is 12.1 Å². The van der Waals surface area contributed by atoms with Crippen LogP contribution in [-0.4, -0.2) is 34.1 Å². The van der Waals surface area contributed by atoms with Crippen molar-refractivity contribution in [2.45, 2.75) is 18.5 Å². The van der Waals surface area contributed by atoms with Crippen molar-refractivity contribution < 1.29 is 40.3 Å². The molecule has 142 valence electrons. The highest BCUT2D eigenvalue weighted by Gasteiger charge is 2.59. The summed E-state index contributed by atoms with van der Waals surface area (Å²) in [5.74, 6) is -3.22. The highest BCUT2D eigenvalue weighted by atomic mass is 19.4. The van der Waals surface area contributed by atoms with E-state index in [1.807, 2.05) is 5.32 Å². The summed E-state index contributed by atoms with van der Waals surface area (Å²) in [6.07, 6.45) is -13.5. The Hall–Kier alpha value is -2.79. The Kier molecular flexibility index (Phi) is 5.14. The number of carbonyl (C=O) groups excluding carboxylic acids is 1. The van der Waals surface area contributed by atoms with Crippen LogP contribution in [0.3, 0.4) is 0 Å². The summed E-state index contributed by atoms with van der Waals surface area (Å²) in [5.41, 5.74) is -0.609. The van der Waals surface area contributed by atoms with Gasteiger partial charge < -0.3 is 10.1 Å². The third-order valence-corrected chi connectivity index (χ3v) is 2.99. The third-order valence-electron chi connectivity index (χ3n) is 2.99. The molecule has 1 amide bonds. The Morgan fingerprint density at radius 3 is 2.46 bits per heavy atom. The molecule has 1 aromatic carbocycles. The Labute approximate surface area is 141 Å². The number of halogens is 7. The van der Waals surface area contributed by atoms with E-state index < -0.39 is 41.6 Å². The van der Waals surface area contributed by atoms with Crippen molar-refractivity contribution >= 4 is 11.6 Å². The van der Waals surface area contributed by atoms with Crippen molar-refractivity contribution in [3.63, 3.8) is 0 Å². The van der Waals surface area contributed by atoms with Gasteiger partial charge in [-0.25, -0.2) is 8.78 Å². The van der Waals surface area contributed by atoms with E-state index in [9.17, 15) is 35.5 Å². The number of nitrogens with zero attached hydrogens (tertiary/aromatic N) is 2. The third kappa shape index (κ3) is 4.43. The van der Waals surface area contributed by atoms with Crippen LogP contribution in [0.25, 0.3) is 0 Å². The van der Waals surface area contributed by atoms with Gasteiger partial charge in [-0.2, -0.15) is 27.1 Å². The minimum Gasteiger partial charge on any atom is -0.428 e. The molecule has 1 N–H and O–H groups in total. The molecule has 0 aliphatic heterocycles. The van der Waals surface area contributed by atoms with Crippen molar-refractivity contribution in [2.24, 2.45) is 7.05 Å². The fourth-order valence-corrected chi connectivity index (χ4v) is 1.81. The minimum absolute atomic E-state index is 0.0202. The molecule has 0 aliphatic rings. The van der Waals surface area contributed by atoms with Crippen molar-refractivity contribution in [2.75, 3.05) is 5.32 Å². The van der Waals surface area contributed by atoms with Crippen LogP contribution in [0.5, 0.6) is 5.75 Å². The van der Waals surface area contributed by atoms with Gasteiger partial charge >= 0.3 is 12.3 Å². The molecule has 0 saturated carbocycles. The Morgan fingerprint density at radius 2 is 1.92 bits per heavy atom. The van der Waals surface area contributed by atoms with Gasteiger partial charge in [0.15, 0.2) is 5.75 Å². The average Bonchev–Trinajstić information content (AvgIpc) is 2.94. The van der Waals surface area contributed by atoms with Crippen LogP contribution in [0.4, 0.5) is 36.4 Å². The van der Waals surface area contributed by atoms with Crippen molar-refractivity contribution in [1.29, 1.82) is 0 Å². The molecule has 0 aliphatic carbocycles. The van der Waals surface area contributed by atoms with E-state index in [2.05, 4.69) is 9.84 Å². The van der Waals surface area contributed by atoms with Crippen LogP contribution in [0, 0.1) is 5.82 Å². The maximum Gasteiger partial charge on any atom is 0.439 e. The van der Waals surface area contributed by atoms with Crippen molar-refractivity contribution in [3.05, 3.63) is 42.0 Å². The molecular weight excluding hydrogens is 375 g/mol. The summed E-state index contributed by atoms with van der Waals surface area (Å²) in [4.78, 5) is 12.0. The molecule has 1 unspecified atom stereocenters. The van der Waals surface area contributed by atoms with Crippen LogP contribution in [0.15, 0.2) is 30.6 Å². The van der Waals surface area contributed by atoms with Gasteiger partial charge in [-0.1, -0.05) is 0 Å². The largest absolute Gasteiger partial charge is 0.439 e. The van der Waals surface area contributed by atoms with E-state index in [-0.39, 0.29) is 11.6 Å². The second kappa shape index (κ2) is 6.84. The van der Waals surface area contributed by atoms with Gasteiger partial charge in [-0.3, -0.25) is 9.48 Å². The average molecular weight is 385 g/mol. The van der Waals surface area contributed by atoms with Crippen LogP contribution >= 0.6 is 0 Å². The van der Waals surface area contributed by atoms with E-state index in [0.717, 1.165) is 18.3 Å². The number of alkyl halides is 6. The molecule has 0 radical (unpaired) electrons. The summed E-state index contributed by atoms with van der Waals surface area (Å²) in [6, 6.07) is 1.80. The van der Waals surface area contributed by atoms with Gasteiger partial charge in [0.05, 0.1) is 17.4 Å². The first kappa shape index (κ1) is 19.5. The van der Waals surface area contributed by atoms with Crippen LogP contribution in [-0.2, 0) is 7.05 Å². The number of ether oxygens (including phenoxy) is 1. The van der Waals surface area contributed by atoms with Gasteiger partial charge in [0.1, 0.15) is 5.82 Å². The first-order valence-electron chi connectivity index (χ1n) is 6.77. The molecule has 12 heteroatoms. The van der Waals surface area contributed by atoms with Gasteiger partial charge in [-0.15, -0.1) is 0 Å². The molecule has 0 saturated heterocycles. The van der Waals surface area contributed by atoms with Gasteiger partial charge in [0.2, 0.25) is 0 Å². The molecule has 1 aromatic heterocycles. The maximum absolute atomic E-state index is 13.4. The number of aromatic nitrogens is 2. The highest BCUT2D eigenvalue weighted by Crippen LogP contribution is 2.38.